The summed E-state index contributed by atoms with van der Waals surface area (Å²) < 4.78 is 53.7. The Hall–Kier alpha value is -0.970. The van der Waals surface area contributed by atoms with E-state index in [2.05, 4.69) is 22.6 Å². The van der Waals surface area contributed by atoms with E-state index >= 15 is 0 Å². The molecule has 0 bridgehead atoms. The van der Waals surface area contributed by atoms with E-state index < -0.39 is 23.8 Å². The summed E-state index contributed by atoms with van der Waals surface area (Å²) in [5, 5.41) is 9.45. The van der Waals surface area contributed by atoms with Gasteiger partial charge in [-0.3, -0.25) is 0 Å². The lowest BCUT2D eigenvalue weighted by Crippen LogP contribution is -2.44. The van der Waals surface area contributed by atoms with Crippen molar-refractivity contribution in [3.63, 3.8) is 0 Å². The molecule has 0 saturated heterocycles. The van der Waals surface area contributed by atoms with Crippen LogP contribution in [-0.2, 0) is 19.7 Å². The van der Waals surface area contributed by atoms with Crippen molar-refractivity contribution in [1.29, 1.82) is 0 Å². The predicted octanol–water partition coefficient (Wildman–Crippen LogP) is 3.47. The quantitative estimate of drug-likeness (QED) is 0.434. The highest BCUT2D eigenvalue weighted by Crippen LogP contribution is 2.53. The molecule has 2 aromatic carbocycles. The molecular formula is C20H23IO5S2. The summed E-state index contributed by atoms with van der Waals surface area (Å²) >= 11 is 2.18. The van der Waals surface area contributed by atoms with Gasteiger partial charge in [0.05, 0.1) is 9.79 Å². The zero-order valence-corrected chi connectivity index (χ0v) is 19.0. The number of alkyl halides is 1. The molecule has 152 valence electrons. The second kappa shape index (κ2) is 8.41. The molecule has 2 atom stereocenters. The van der Waals surface area contributed by atoms with Crippen LogP contribution in [0.15, 0.2) is 70.5 Å². The van der Waals surface area contributed by atoms with Crippen LogP contribution in [0.25, 0.3) is 0 Å². The monoisotopic (exact) mass is 534 g/mol. The summed E-state index contributed by atoms with van der Waals surface area (Å²) in [6, 6.07) is 15.6. The van der Waals surface area contributed by atoms with Crippen LogP contribution in [0.2, 0.25) is 0 Å². The fourth-order valence-corrected chi connectivity index (χ4v) is 10.5. The van der Waals surface area contributed by atoms with Gasteiger partial charge in [-0.1, -0.05) is 59.0 Å². The minimum Gasteiger partial charge on any atom is -0.396 e. The van der Waals surface area contributed by atoms with Crippen molar-refractivity contribution < 1.29 is 21.9 Å². The molecule has 0 aliphatic heterocycles. The van der Waals surface area contributed by atoms with Crippen LogP contribution in [0.5, 0.6) is 0 Å². The number of sulfone groups is 2. The molecule has 1 aliphatic rings. The molecule has 1 saturated carbocycles. The molecule has 0 heterocycles. The summed E-state index contributed by atoms with van der Waals surface area (Å²) in [4.78, 5) is 0.0396. The molecule has 5 nitrogen and oxygen atoms in total. The lowest BCUT2D eigenvalue weighted by Gasteiger charge is -2.29. The molecule has 2 aromatic rings. The van der Waals surface area contributed by atoms with E-state index in [-0.39, 0.29) is 41.1 Å². The highest BCUT2D eigenvalue weighted by molar-refractivity contribution is 14.1. The number of rotatable bonds is 7. The Morgan fingerprint density at radius 3 is 1.64 bits per heavy atom. The number of benzene rings is 2. The second-order valence-corrected chi connectivity index (χ2v) is 12.8. The van der Waals surface area contributed by atoms with E-state index in [9.17, 15) is 21.9 Å². The first-order valence-corrected chi connectivity index (χ1v) is 13.6. The zero-order valence-electron chi connectivity index (χ0n) is 15.2. The van der Waals surface area contributed by atoms with E-state index in [1.54, 1.807) is 36.4 Å². The zero-order chi connectivity index (χ0) is 20.4. The highest BCUT2D eigenvalue weighted by atomic mass is 127. The fourth-order valence-electron chi connectivity index (χ4n) is 4.11. The van der Waals surface area contributed by atoms with E-state index in [1.807, 2.05) is 0 Å². The van der Waals surface area contributed by atoms with Crippen molar-refractivity contribution in [2.24, 2.45) is 11.8 Å². The Bertz CT molecular complexity index is 936. The molecule has 3 rings (SSSR count). The van der Waals surface area contributed by atoms with E-state index in [1.165, 1.54) is 24.3 Å². The minimum absolute atomic E-state index is 0.00428. The lowest BCUT2D eigenvalue weighted by atomic mass is 9.95. The van der Waals surface area contributed by atoms with Crippen LogP contribution < -0.4 is 0 Å². The Morgan fingerprint density at radius 2 is 1.25 bits per heavy atom. The van der Waals surface area contributed by atoms with E-state index in [4.69, 9.17) is 0 Å². The largest absolute Gasteiger partial charge is 0.396 e. The maximum absolute atomic E-state index is 13.7. The molecule has 0 aromatic heterocycles. The molecule has 0 radical (unpaired) electrons. The minimum atomic E-state index is -4.17. The van der Waals surface area contributed by atoms with Gasteiger partial charge in [0.15, 0.2) is 23.8 Å². The van der Waals surface area contributed by atoms with Crippen molar-refractivity contribution in [2.75, 3.05) is 11.0 Å². The van der Waals surface area contributed by atoms with Gasteiger partial charge in [0.1, 0.15) is 0 Å². The standard InChI is InChI=1S/C20H23IO5S2/c21-15-17-14-20(13-16(17)11-12-22,27(23,24)18-7-3-1-4-8-18)28(25,26)19-9-5-2-6-10-19/h1-10,16-17,22H,11-15H2. The molecule has 2 unspecified atom stereocenters. The number of aliphatic hydroxyl groups excluding tert-OH is 1. The summed E-state index contributed by atoms with van der Waals surface area (Å²) in [6.07, 6.45) is 0.425. The average molecular weight is 534 g/mol. The van der Waals surface area contributed by atoms with Gasteiger partial charge in [-0.15, -0.1) is 0 Å². The van der Waals surface area contributed by atoms with Gasteiger partial charge in [-0.05, 0) is 55.4 Å². The van der Waals surface area contributed by atoms with Gasteiger partial charge in [0.25, 0.3) is 0 Å². The third-order valence-corrected chi connectivity index (χ3v) is 12.5. The van der Waals surface area contributed by atoms with Gasteiger partial charge in [-0.2, -0.15) is 0 Å². The predicted molar refractivity (Wildman–Crippen MR) is 117 cm³/mol. The first-order chi connectivity index (χ1) is 13.3. The van der Waals surface area contributed by atoms with Crippen LogP contribution in [0.3, 0.4) is 0 Å². The molecule has 1 fully saturated rings. The normalized spacial score (nSPS) is 22.2. The number of hydrogen-bond donors (Lipinski definition) is 1. The van der Waals surface area contributed by atoms with Gasteiger partial charge in [0.2, 0.25) is 0 Å². The van der Waals surface area contributed by atoms with Crippen LogP contribution in [0.4, 0.5) is 0 Å². The fraction of sp³-hybridized carbons (Fsp3) is 0.400. The first-order valence-electron chi connectivity index (χ1n) is 9.06. The van der Waals surface area contributed by atoms with Crippen molar-refractivity contribution in [3.8, 4) is 0 Å². The Balaban J connectivity index is 2.25. The summed E-state index contributed by atoms with van der Waals surface area (Å²) in [6.45, 7) is -0.0926. The Morgan fingerprint density at radius 1 is 0.821 bits per heavy atom. The molecule has 0 spiro atoms. The van der Waals surface area contributed by atoms with Crippen molar-refractivity contribution in [2.45, 2.75) is 33.1 Å². The van der Waals surface area contributed by atoms with Crippen LogP contribution >= 0.6 is 22.6 Å². The first kappa shape index (κ1) is 21.7. The van der Waals surface area contributed by atoms with Crippen molar-refractivity contribution >= 4 is 42.3 Å². The van der Waals surface area contributed by atoms with Gasteiger partial charge in [-0.25, -0.2) is 16.8 Å². The highest BCUT2D eigenvalue weighted by Gasteiger charge is 2.62. The maximum atomic E-state index is 13.7. The molecular weight excluding hydrogens is 511 g/mol. The maximum Gasteiger partial charge on any atom is 0.198 e. The van der Waals surface area contributed by atoms with Crippen LogP contribution in [-0.4, -0.2) is 37.1 Å². The third-order valence-electron chi connectivity index (χ3n) is 5.60. The van der Waals surface area contributed by atoms with E-state index in [0.29, 0.717) is 10.8 Å². The number of aliphatic hydroxyl groups is 1. The van der Waals surface area contributed by atoms with Gasteiger partial charge >= 0.3 is 0 Å². The average Bonchev–Trinajstić information content (AvgIpc) is 3.10. The Kier molecular flexibility index (Phi) is 6.53. The van der Waals surface area contributed by atoms with E-state index in [0.717, 1.165) is 0 Å². The number of halogens is 1. The van der Waals surface area contributed by atoms with Crippen molar-refractivity contribution in [3.05, 3.63) is 60.7 Å². The lowest BCUT2D eigenvalue weighted by molar-refractivity contribution is 0.241. The summed E-state index contributed by atoms with van der Waals surface area (Å²) in [7, 11) is -8.35. The third kappa shape index (κ3) is 3.53. The van der Waals surface area contributed by atoms with Crippen molar-refractivity contribution in [1.82, 2.24) is 0 Å². The summed E-state index contributed by atoms with van der Waals surface area (Å²) in [5.41, 5.74) is 0. The molecule has 0 amide bonds. The number of hydrogen-bond acceptors (Lipinski definition) is 5. The van der Waals surface area contributed by atoms with Gasteiger partial charge in [0, 0.05) is 11.0 Å². The van der Waals surface area contributed by atoms with Crippen LogP contribution in [0.1, 0.15) is 19.3 Å². The van der Waals surface area contributed by atoms with Crippen LogP contribution in [0, 0.1) is 11.8 Å². The molecule has 1 N–H and O–H groups in total. The molecule has 1 aliphatic carbocycles. The molecule has 28 heavy (non-hydrogen) atoms. The molecule has 8 heteroatoms. The smallest absolute Gasteiger partial charge is 0.198 e. The second-order valence-electron chi connectivity index (χ2n) is 7.14. The summed E-state index contributed by atoms with van der Waals surface area (Å²) in [5.74, 6) is -0.261. The topological polar surface area (TPSA) is 88.5 Å². The Labute approximate surface area is 180 Å². The SMILES string of the molecule is O=S(=O)(c1ccccc1)C1(S(=O)(=O)c2ccccc2)CC(CI)C(CCO)C1. The van der Waals surface area contributed by atoms with Gasteiger partial charge < -0.3 is 5.11 Å².